The lowest BCUT2D eigenvalue weighted by Gasteiger charge is -2.32. The van der Waals surface area contributed by atoms with Gasteiger partial charge in [-0.15, -0.1) is 0 Å². The van der Waals surface area contributed by atoms with Gasteiger partial charge in [-0.1, -0.05) is 27.7 Å². The van der Waals surface area contributed by atoms with Crippen LogP contribution in [0, 0.1) is 17.8 Å². The Kier molecular flexibility index (Phi) is 6.28. The first-order valence-electron chi connectivity index (χ1n) is 8.89. The zero-order valence-electron chi connectivity index (χ0n) is 15.4. The molecular formula is C19H27N3O3. The molecule has 6 heteroatoms. The Morgan fingerprint density at radius 1 is 1.12 bits per heavy atom. The van der Waals surface area contributed by atoms with E-state index >= 15 is 0 Å². The highest BCUT2D eigenvalue weighted by molar-refractivity contribution is 6.05. The normalized spacial score (nSPS) is 15.5. The number of carbonyl (C=O) groups is 3. The first-order chi connectivity index (χ1) is 11.8. The van der Waals surface area contributed by atoms with Gasteiger partial charge in [0.25, 0.3) is 0 Å². The van der Waals surface area contributed by atoms with Crippen molar-refractivity contribution in [1.29, 1.82) is 0 Å². The smallest absolute Gasteiger partial charge is 0.227 e. The van der Waals surface area contributed by atoms with Crippen molar-refractivity contribution in [3.63, 3.8) is 0 Å². The molecule has 0 aliphatic carbocycles. The fourth-order valence-corrected chi connectivity index (χ4v) is 2.97. The number of hydrogen-bond donors (Lipinski definition) is 1. The summed E-state index contributed by atoms with van der Waals surface area (Å²) in [6.45, 7) is 8.62. The summed E-state index contributed by atoms with van der Waals surface area (Å²) in [7, 11) is 0. The van der Waals surface area contributed by atoms with Crippen molar-refractivity contribution in [2.24, 2.45) is 17.8 Å². The minimum atomic E-state index is -0.162. The zero-order valence-corrected chi connectivity index (χ0v) is 15.4. The van der Waals surface area contributed by atoms with E-state index in [1.807, 2.05) is 32.6 Å². The lowest BCUT2D eigenvalue weighted by molar-refractivity contribution is -0.137. The van der Waals surface area contributed by atoms with Gasteiger partial charge >= 0.3 is 0 Å². The van der Waals surface area contributed by atoms with Crippen LogP contribution in [0.15, 0.2) is 18.5 Å². The molecular weight excluding hydrogens is 318 g/mol. The molecule has 1 fully saturated rings. The van der Waals surface area contributed by atoms with Crippen LogP contribution < -0.4 is 5.32 Å². The summed E-state index contributed by atoms with van der Waals surface area (Å²) < 4.78 is 0. The van der Waals surface area contributed by atoms with E-state index in [9.17, 15) is 14.4 Å². The number of rotatable bonds is 5. The third kappa shape index (κ3) is 4.65. The molecule has 0 spiro atoms. The number of hydrogen-bond acceptors (Lipinski definition) is 4. The van der Waals surface area contributed by atoms with Crippen LogP contribution in [0.1, 0.15) is 50.9 Å². The van der Waals surface area contributed by atoms with E-state index in [0.717, 1.165) is 0 Å². The average molecular weight is 345 g/mol. The Labute approximate surface area is 149 Å². The van der Waals surface area contributed by atoms with Crippen molar-refractivity contribution in [3.8, 4) is 0 Å². The number of piperidine rings is 1. The Bertz CT molecular complexity index is 647. The molecule has 0 bridgehead atoms. The molecule has 0 saturated carbocycles. The number of Topliss-reactive ketones (excluding diaryl/α,β-unsaturated/α-hetero) is 1. The third-order valence-electron chi connectivity index (χ3n) is 4.54. The van der Waals surface area contributed by atoms with E-state index in [1.165, 1.54) is 6.20 Å². The second-order valence-corrected chi connectivity index (χ2v) is 7.18. The van der Waals surface area contributed by atoms with Crippen LogP contribution in [0.5, 0.6) is 0 Å². The van der Waals surface area contributed by atoms with Gasteiger partial charge in [-0.25, -0.2) is 0 Å². The number of carbonyl (C=O) groups excluding carboxylic acids is 3. The highest BCUT2D eigenvalue weighted by atomic mass is 16.2. The van der Waals surface area contributed by atoms with Crippen LogP contribution in [-0.4, -0.2) is 40.6 Å². The van der Waals surface area contributed by atoms with Gasteiger partial charge in [0.15, 0.2) is 5.78 Å². The second kappa shape index (κ2) is 8.23. The van der Waals surface area contributed by atoms with Crippen LogP contribution in [0.3, 0.4) is 0 Å². The van der Waals surface area contributed by atoms with E-state index < -0.39 is 0 Å². The predicted octanol–water partition coefficient (Wildman–Crippen LogP) is 2.75. The molecule has 0 atom stereocenters. The standard InChI is InChI=1S/C19H27N3O3/c1-12(2)17(23)15-11-20-8-5-16(15)21-18(24)14-6-9-22(10-7-14)19(25)13(3)4/h5,8,11-14H,6-7,9-10H2,1-4H3,(H,20,21,24). The van der Waals surface area contributed by atoms with Crippen molar-refractivity contribution < 1.29 is 14.4 Å². The number of nitrogens with zero attached hydrogens (tertiary/aromatic N) is 2. The minimum Gasteiger partial charge on any atom is -0.342 e. The molecule has 1 aromatic rings. The monoisotopic (exact) mass is 345 g/mol. The summed E-state index contributed by atoms with van der Waals surface area (Å²) in [6, 6.07) is 1.66. The molecule has 0 aromatic carbocycles. The molecule has 2 heterocycles. The van der Waals surface area contributed by atoms with E-state index in [4.69, 9.17) is 0 Å². The SMILES string of the molecule is CC(C)C(=O)c1cnccc1NC(=O)C1CCN(C(=O)C(C)C)CC1. The van der Waals surface area contributed by atoms with Crippen LogP contribution in [0.2, 0.25) is 0 Å². The predicted molar refractivity (Wildman–Crippen MR) is 96.2 cm³/mol. The average Bonchev–Trinajstić information content (AvgIpc) is 2.60. The molecule has 1 saturated heterocycles. The van der Waals surface area contributed by atoms with Crippen LogP contribution >= 0.6 is 0 Å². The van der Waals surface area contributed by atoms with Gasteiger partial charge in [0, 0.05) is 43.2 Å². The quantitative estimate of drug-likeness (QED) is 0.832. The second-order valence-electron chi connectivity index (χ2n) is 7.18. The number of likely N-dealkylation sites (tertiary alicyclic amines) is 1. The summed E-state index contributed by atoms with van der Waals surface area (Å²) in [6.07, 6.45) is 4.35. The van der Waals surface area contributed by atoms with Gasteiger partial charge < -0.3 is 10.2 Å². The van der Waals surface area contributed by atoms with Gasteiger partial charge in [-0.2, -0.15) is 0 Å². The van der Waals surface area contributed by atoms with Crippen molar-refractivity contribution >= 4 is 23.3 Å². The Morgan fingerprint density at radius 3 is 2.32 bits per heavy atom. The van der Waals surface area contributed by atoms with Crippen LogP contribution in [0.25, 0.3) is 0 Å². The maximum atomic E-state index is 12.6. The fraction of sp³-hybridized carbons (Fsp3) is 0.579. The maximum absolute atomic E-state index is 12.6. The molecule has 2 amide bonds. The molecule has 0 radical (unpaired) electrons. The van der Waals surface area contributed by atoms with Crippen molar-refractivity contribution in [2.45, 2.75) is 40.5 Å². The van der Waals surface area contributed by atoms with Crippen molar-refractivity contribution in [2.75, 3.05) is 18.4 Å². The number of pyridine rings is 1. The molecule has 2 rings (SSSR count). The molecule has 1 aliphatic heterocycles. The topological polar surface area (TPSA) is 79.4 Å². The van der Waals surface area contributed by atoms with Gasteiger partial charge in [0.05, 0.1) is 11.3 Å². The summed E-state index contributed by atoms with van der Waals surface area (Å²) in [5.74, 6) is -0.331. The molecule has 0 unspecified atom stereocenters. The van der Waals surface area contributed by atoms with Gasteiger partial charge in [0.2, 0.25) is 11.8 Å². The maximum Gasteiger partial charge on any atom is 0.227 e. The summed E-state index contributed by atoms with van der Waals surface area (Å²) in [5, 5.41) is 2.88. The Morgan fingerprint density at radius 2 is 1.76 bits per heavy atom. The van der Waals surface area contributed by atoms with E-state index in [2.05, 4.69) is 10.3 Å². The summed E-state index contributed by atoms with van der Waals surface area (Å²) in [4.78, 5) is 42.7. The first kappa shape index (κ1) is 19.1. The largest absolute Gasteiger partial charge is 0.342 e. The Balaban J connectivity index is 2.00. The number of nitrogens with one attached hydrogen (secondary N) is 1. The first-order valence-corrected chi connectivity index (χ1v) is 8.89. The van der Waals surface area contributed by atoms with Crippen molar-refractivity contribution in [1.82, 2.24) is 9.88 Å². The van der Waals surface area contributed by atoms with Crippen LogP contribution in [0.4, 0.5) is 5.69 Å². The van der Waals surface area contributed by atoms with E-state index in [1.54, 1.807) is 12.3 Å². The molecule has 1 aliphatic rings. The molecule has 136 valence electrons. The fourth-order valence-electron chi connectivity index (χ4n) is 2.97. The summed E-state index contributed by atoms with van der Waals surface area (Å²) >= 11 is 0. The van der Waals surface area contributed by atoms with Gasteiger partial charge in [0.1, 0.15) is 0 Å². The van der Waals surface area contributed by atoms with Crippen molar-refractivity contribution in [3.05, 3.63) is 24.0 Å². The lowest BCUT2D eigenvalue weighted by atomic mass is 9.94. The number of ketones is 1. The van der Waals surface area contributed by atoms with Gasteiger partial charge in [-0.05, 0) is 18.9 Å². The van der Waals surface area contributed by atoms with Gasteiger partial charge in [-0.3, -0.25) is 19.4 Å². The highest BCUT2D eigenvalue weighted by Gasteiger charge is 2.29. The molecule has 25 heavy (non-hydrogen) atoms. The van der Waals surface area contributed by atoms with E-state index in [-0.39, 0.29) is 35.4 Å². The molecule has 1 aromatic heterocycles. The number of aromatic nitrogens is 1. The summed E-state index contributed by atoms with van der Waals surface area (Å²) in [5.41, 5.74) is 0.956. The molecule has 1 N–H and O–H groups in total. The molecule has 6 nitrogen and oxygen atoms in total. The minimum absolute atomic E-state index is 0.0215. The number of amides is 2. The Hall–Kier alpha value is -2.24. The lowest BCUT2D eigenvalue weighted by Crippen LogP contribution is -2.43. The highest BCUT2D eigenvalue weighted by Crippen LogP contribution is 2.23. The third-order valence-corrected chi connectivity index (χ3v) is 4.54. The number of anilines is 1. The van der Waals surface area contributed by atoms with E-state index in [0.29, 0.717) is 37.2 Å². The van der Waals surface area contributed by atoms with Crippen LogP contribution in [-0.2, 0) is 9.59 Å². The zero-order chi connectivity index (χ0) is 18.6.